The van der Waals surface area contributed by atoms with Gasteiger partial charge < -0.3 is 15.0 Å². The molecule has 1 aromatic heterocycles. The first-order valence-electron chi connectivity index (χ1n) is 6.54. The Bertz CT molecular complexity index is 803. The number of hydroxylamine groups is 2. The minimum absolute atomic E-state index is 0.000825. The number of rotatable bonds is 4. The summed E-state index contributed by atoms with van der Waals surface area (Å²) in [4.78, 5) is 52.1. The van der Waals surface area contributed by atoms with Gasteiger partial charge in [-0.1, -0.05) is 17.2 Å². The number of fused-ring (bicyclic) bond motifs is 1. The highest BCUT2D eigenvalue weighted by atomic mass is 16.7. The van der Waals surface area contributed by atoms with E-state index in [4.69, 9.17) is 15.0 Å². The molecule has 3 amide bonds. The largest absolute Gasteiger partial charge is 0.468 e. The number of amides is 3. The summed E-state index contributed by atoms with van der Waals surface area (Å²) in [6.45, 7) is 0. The number of hydrogen-bond donors (Lipinski definition) is 1. The first-order chi connectivity index (χ1) is 11.0. The van der Waals surface area contributed by atoms with Gasteiger partial charge in [0.2, 0.25) is 5.91 Å². The number of hydrogen-bond acceptors (Lipinski definition) is 6. The summed E-state index contributed by atoms with van der Waals surface area (Å²) >= 11 is 0. The standard InChI is InChI=1S/C15H10N2O6/c16-12(18)7-11-10(5-6-22-11)15(21)23-17-13(19)8-3-1-2-4-9(8)14(17)20/h1-6H,7H2,(H2,16,18). The summed E-state index contributed by atoms with van der Waals surface area (Å²) in [5, 5.41) is 0.383. The molecule has 0 radical (unpaired) electrons. The quantitative estimate of drug-likeness (QED) is 0.828. The van der Waals surface area contributed by atoms with Crippen LogP contribution in [0.15, 0.2) is 41.0 Å². The molecule has 116 valence electrons. The summed E-state index contributed by atoms with van der Waals surface area (Å²) in [7, 11) is 0. The smallest absolute Gasteiger partial charge is 0.367 e. The maximum atomic E-state index is 12.1. The van der Waals surface area contributed by atoms with Crippen LogP contribution in [0.25, 0.3) is 0 Å². The van der Waals surface area contributed by atoms with E-state index in [1.807, 2.05) is 0 Å². The van der Waals surface area contributed by atoms with Crippen molar-refractivity contribution in [3.05, 3.63) is 59.0 Å². The number of nitrogens with two attached hydrogens (primary N) is 1. The lowest BCUT2D eigenvalue weighted by Gasteiger charge is -2.12. The van der Waals surface area contributed by atoms with E-state index >= 15 is 0 Å². The van der Waals surface area contributed by atoms with Crippen LogP contribution in [0.3, 0.4) is 0 Å². The van der Waals surface area contributed by atoms with Crippen LogP contribution in [-0.4, -0.2) is 28.8 Å². The van der Waals surface area contributed by atoms with Gasteiger partial charge in [0, 0.05) is 0 Å². The fourth-order valence-electron chi connectivity index (χ4n) is 2.20. The second kappa shape index (κ2) is 5.41. The van der Waals surface area contributed by atoms with Gasteiger partial charge in [-0.25, -0.2) is 4.79 Å². The number of imide groups is 1. The molecule has 8 nitrogen and oxygen atoms in total. The van der Waals surface area contributed by atoms with Crippen LogP contribution in [0.4, 0.5) is 0 Å². The zero-order valence-corrected chi connectivity index (χ0v) is 11.6. The van der Waals surface area contributed by atoms with E-state index in [2.05, 4.69) is 0 Å². The summed E-state index contributed by atoms with van der Waals surface area (Å²) in [5.41, 5.74) is 5.26. The summed E-state index contributed by atoms with van der Waals surface area (Å²) in [6, 6.07) is 7.37. The Morgan fingerprint density at radius 2 is 1.70 bits per heavy atom. The number of furan rings is 1. The van der Waals surface area contributed by atoms with E-state index in [0.29, 0.717) is 5.06 Å². The van der Waals surface area contributed by atoms with Crippen LogP contribution >= 0.6 is 0 Å². The predicted molar refractivity (Wildman–Crippen MR) is 74.0 cm³/mol. The third-order valence-corrected chi connectivity index (χ3v) is 3.23. The normalized spacial score (nSPS) is 13.1. The first kappa shape index (κ1) is 14.5. The lowest BCUT2D eigenvalue weighted by Crippen LogP contribution is -2.33. The van der Waals surface area contributed by atoms with Crippen molar-refractivity contribution in [2.24, 2.45) is 5.73 Å². The van der Waals surface area contributed by atoms with E-state index in [1.165, 1.54) is 24.5 Å². The number of carbonyl (C=O) groups excluding carboxylic acids is 4. The van der Waals surface area contributed by atoms with E-state index in [-0.39, 0.29) is 28.9 Å². The van der Waals surface area contributed by atoms with Gasteiger partial charge in [-0.15, -0.1) is 0 Å². The molecule has 0 saturated heterocycles. The van der Waals surface area contributed by atoms with Gasteiger partial charge in [0.15, 0.2) is 0 Å². The highest BCUT2D eigenvalue weighted by Crippen LogP contribution is 2.24. The van der Waals surface area contributed by atoms with Gasteiger partial charge in [-0.2, -0.15) is 0 Å². The lowest BCUT2D eigenvalue weighted by atomic mass is 10.1. The van der Waals surface area contributed by atoms with Crippen molar-refractivity contribution in [2.75, 3.05) is 0 Å². The molecule has 8 heteroatoms. The Labute approximate surface area is 129 Å². The third kappa shape index (κ3) is 2.46. The van der Waals surface area contributed by atoms with Gasteiger partial charge in [0.05, 0.1) is 23.8 Å². The molecule has 0 aliphatic carbocycles. The fraction of sp³-hybridized carbons (Fsp3) is 0.0667. The van der Waals surface area contributed by atoms with E-state index in [0.717, 1.165) is 0 Å². The predicted octanol–water partition coefficient (Wildman–Crippen LogP) is 0.675. The Kier molecular flexibility index (Phi) is 3.41. The molecular weight excluding hydrogens is 304 g/mol. The second-order valence-electron chi connectivity index (χ2n) is 4.73. The average molecular weight is 314 g/mol. The van der Waals surface area contributed by atoms with E-state index in [9.17, 15) is 19.2 Å². The van der Waals surface area contributed by atoms with Gasteiger partial charge in [-0.3, -0.25) is 14.4 Å². The van der Waals surface area contributed by atoms with Gasteiger partial charge in [0.1, 0.15) is 11.3 Å². The maximum absolute atomic E-state index is 12.1. The summed E-state index contributed by atoms with van der Waals surface area (Å²) in [5.74, 6) is -3.17. The molecule has 0 atom stereocenters. The minimum atomic E-state index is -0.996. The van der Waals surface area contributed by atoms with Crippen LogP contribution in [0.5, 0.6) is 0 Å². The van der Waals surface area contributed by atoms with Crippen molar-refractivity contribution in [3.8, 4) is 0 Å². The van der Waals surface area contributed by atoms with Crippen molar-refractivity contribution in [1.82, 2.24) is 5.06 Å². The Hall–Kier alpha value is -3.42. The minimum Gasteiger partial charge on any atom is -0.468 e. The maximum Gasteiger partial charge on any atom is 0.367 e. The highest BCUT2D eigenvalue weighted by Gasteiger charge is 2.39. The lowest BCUT2D eigenvalue weighted by molar-refractivity contribution is -0.117. The van der Waals surface area contributed by atoms with Crippen molar-refractivity contribution in [2.45, 2.75) is 6.42 Å². The topological polar surface area (TPSA) is 120 Å². The monoisotopic (exact) mass is 314 g/mol. The molecule has 1 aromatic carbocycles. The number of primary amides is 1. The van der Waals surface area contributed by atoms with Crippen LogP contribution < -0.4 is 5.73 Å². The second-order valence-corrected chi connectivity index (χ2v) is 4.73. The van der Waals surface area contributed by atoms with Gasteiger partial charge in [-0.05, 0) is 18.2 Å². The molecule has 0 spiro atoms. The van der Waals surface area contributed by atoms with E-state index < -0.39 is 23.7 Å². The summed E-state index contributed by atoms with van der Waals surface area (Å²) in [6.07, 6.45) is 0.872. The molecular formula is C15H10N2O6. The zero-order valence-electron chi connectivity index (χ0n) is 11.6. The average Bonchev–Trinajstić information content (AvgIpc) is 3.06. The summed E-state index contributed by atoms with van der Waals surface area (Å²) < 4.78 is 4.99. The third-order valence-electron chi connectivity index (χ3n) is 3.23. The van der Waals surface area contributed by atoms with Crippen LogP contribution in [0.1, 0.15) is 36.8 Å². The molecule has 3 rings (SSSR count). The van der Waals surface area contributed by atoms with Crippen molar-refractivity contribution in [3.63, 3.8) is 0 Å². The SMILES string of the molecule is NC(=O)Cc1occc1C(=O)ON1C(=O)c2ccccc2C1=O. The molecule has 0 bridgehead atoms. The van der Waals surface area contributed by atoms with E-state index in [1.54, 1.807) is 12.1 Å². The highest BCUT2D eigenvalue weighted by molar-refractivity contribution is 6.21. The Morgan fingerprint density at radius 1 is 1.09 bits per heavy atom. The van der Waals surface area contributed by atoms with Crippen molar-refractivity contribution in [1.29, 1.82) is 0 Å². The Morgan fingerprint density at radius 3 is 2.26 bits per heavy atom. The van der Waals surface area contributed by atoms with Crippen LogP contribution in [0.2, 0.25) is 0 Å². The van der Waals surface area contributed by atoms with Crippen molar-refractivity contribution < 1.29 is 28.4 Å². The Balaban J connectivity index is 1.82. The molecule has 0 fully saturated rings. The van der Waals surface area contributed by atoms with Gasteiger partial charge >= 0.3 is 5.97 Å². The molecule has 23 heavy (non-hydrogen) atoms. The molecule has 0 unspecified atom stereocenters. The molecule has 1 aliphatic heterocycles. The molecule has 1 aliphatic rings. The number of nitrogens with zero attached hydrogens (tertiary/aromatic N) is 1. The number of carbonyl (C=O) groups is 4. The zero-order chi connectivity index (χ0) is 16.6. The van der Waals surface area contributed by atoms with Crippen LogP contribution in [-0.2, 0) is 16.1 Å². The molecule has 2 heterocycles. The van der Waals surface area contributed by atoms with Crippen molar-refractivity contribution >= 4 is 23.7 Å². The molecule has 2 N–H and O–H groups in total. The molecule has 0 saturated carbocycles. The first-order valence-corrected chi connectivity index (χ1v) is 6.54. The number of benzene rings is 1. The van der Waals surface area contributed by atoms with Crippen LogP contribution in [0, 0.1) is 0 Å². The molecule has 2 aromatic rings. The van der Waals surface area contributed by atoms with Gasteiger partial charge in [0.25, 0.3) is 11.8 Å². The fourth-order valence-corrected chi connectivity index (χ4v) is 2.20.